The summed E-state index contributed by atoms with van der Waals surface area (Å²) in [5.74, 6) is 2.14. The lowest BCUT2D eigenvalue weighted by atomic mass is 10.1. The van der Waals surface area contributed by atoms with Crippen LogP contribution >= 0.6 is 0 Å². The topological polar surface area (TPSA) is 87.8 Å². The number of nitrogens with zero attached hydrogens (tertiary/aromatic N) is 2. The van der Waals surface area contributed by atoms with Gasteiger partial charge in [0.1, 0.15) is 30.0 Å². The fourth-order valence-corrected chi connectivity index (χ4v) is 3.66. The van der Waals surface area contributed by atoms with Crippen LogP contribution in [0.4, 0.5) is 0 Å². The molecule has 0 radical (unpaired) electrons. The van der Waals surface area contributed by atoms with Gasteiger partial charge < -0.3 is 19.6 Å². The SMILES string of the molecule is O=C(NCc1ccncc1)c1ccc(OC2CCN(Cc3ccc(CO)o3)CC2)cc1. The van der Waals surface area contributed by atoms with E-state index in [0.29, 0.717) is 17.9 Å². The molecule has 2 N–H and O–H groups in total. The molecule has 0 spiro atoms. The number of amides is 1. The van der Waals surface area contributed by atoms with Gasteiger partial charge in [0, 0.05) is 37.6 Å². The molecule has 4 rings (SSSR count). The summed E-state index contributed by atoms with van der Waals surface area (Å²) in [7, 11) is 0. The average molecular weight is 421 g/mol. The Morgan fingerprint density at radius 1 is 1.06 bits per heavy atom. The number of piperidine rings is 1. The lowest BCUT2D eigenvalue weighted by molar-refractivity contribution is 0.0920. The summed E-state index contributed by atoms with van der Waals surface area (Å²) in [6.07, 6.45) is 5.44. The lowest BCUT2D eigenvalue weighted by Crippen LogP contribution is -2.37. The Labute approximate surface area is 181 Å². The maximum atomic E-state index is 12.3. The van der Waals surface area contributed by atoms with Gasteiger partial charge >= 0.3 is 0 Å². The summed E-state index contributed by atoms with van der Waals surface area (Å²) < 4.78 is 11.7. The van der Waals surface area contributed by atoms with Gasteiger partial charge in [-0.05, 0) is 66.9 Å². The number of benzene rings is 1. The molecule has 2 aromatic heterocycles. The number of aromatic nitrogens is 1. The van der Waals surface area contributed by atoms with Crippen LogP contribution in [0.15, 0.2) is 65.3 Å². The summed E-state index contributed by atoms with van der Waals surface area (Å²) in [4.78, 5) is 18.6. The Morgan fingerprint density at radius 3 is 2.45 bits per heavy atom. The van der Waals surface area contributed by atoms with Gasteiger partial charge in [0.05, 0.1) is 6.54 Å². The van der Waals surface area contributed by atoms with Gasteiger partial charge in [-0.2, -0.15) is 0 Å². The van der Waals surface area contributed by atoms with E-state index in [1.54, 1.807) is 24.5 Å². The van der Waals surface area contributed by atoms with Crippen molar-refractivity contribution in [2.24, 2.45) is 0 Å². The Kier molecular flexibility index (Phi) is 6.96. The van der Waals surface area contributed by atoms with E-state index < -0.39 is 0 Å². The molecule has 31 heavy (non-hydrogen) atoms. The van der Waals surface area contributed by atoms with Crippen molar-refractivity contribution >= 4 is 5.91 Å². The molecular formula is C24H27N3O4. The van der Waals surface area contributed by atoms with Gasteiger partial charge in [-0.3, -0.25) is 14.7 Å². The lowest BCUT2D eigenvalue weighted by Gasteiger charge is -2.31. The largest absolute Gasteiger partial charge is 0.490 e. The normalized spacial score (nSPS) is 15.0. The Balaban J connectivity index is 1.21. The molecule has 162 valence electrons. The number of aliphatic hydroxyl groups is 1. The maximum Gasteiger partial charge on any atom is 0.251 e. The zero-order valence-electron chi connectivity index (χ0n) is 17.4. The molecule has 1 fully saturated rings. The molecule has 0 saturated carbocycles. The maximum absolute atomic E-state index is 12.3. The third kappa shape index (κ3) is 5.93. The fourth-order valence-electron chi connectivity index (χ4n) is 3.66. The monoisotopic (exact) mass is 421 g/mol. The molecular weight excluding hydrogens is 394 g/mol. The summed E-state index contributed by atoms with van der Waals surface area (Å²) in [6, 6.07) is 14.8. The molecule has 0 unspecified atom stereocenters. The van der Waals surface area contributed by atoms with E-state index in [-0.39, 0.29) is 18.6 Å². The minimum absolute atomic E-state index is 0.0683. The summed E-state index contributed by atoms with van der Waals surface area (Å²) in [5.41, 5.74) is 1.62. The standard InChI is InChI=1S/C24H27N3O4/c28-17-23-6-5-22(31-23)16-27-13-9-21(10-14-27)30-20-3-1-19(2-4-20)24(29)26-15-18-7-11-25-12-8-18/h1-8,11-12,21,28H,9-10,13-17H2,(H,26,29). The predicted molar refractivity (Wildman–Crippen MR) is 115 cm³/mol. The van der Waals surface area contributed by atoms with Gasteiger partial charge in [0.2, 0.25) is 0 Å². The highest BCUT2D eigenvalue weighted by atomic mass is 16.5. The molecule has 7 nitrogen and oxygen atoms in total. The summed E-state index contributed by atoms with van der Waals surface area (Å²) in [6.45, 7) is 3.00. The third-order valence-electron chi connectivity index (χ3n) is 5.41. The summed E-state index contributed by atoms with van der Waals surface area (Å²) >= 11 is 0. The highest BCUT2D eigenvalue weighted by Gasteiger charge is 2.21. The second-order valence-electron chi connectivity index (χ2n) is 7.68. The van der Waals surface area contributed by atoms with E-state index >= 15 is 0 Å². The van der Waals surface area contributed by atoms with Crippen LogP contribution in [0.1, 0.15) is 40.3 Å². The fraction of sp³-hybridized carbons (Fsp3) is 0.333. The first-order chi connectivity index (χ1) is 15.2. The van der Waals surface area contributed by atoms with Crippen molar-refractivity contribution < 1.29 is 19.1 Å². The quantitative estimate of drug-likeness (QED) is 0.581. The van der Waals surface area contributed by atoms with Crippen molar-refractivity contribution in [2.75, 3.05) is 13.1 Å². The van der Waals surface area contributed by atoms with Crippen molar-refractivity contribution in [3.8, 4) is 5.75 Å². The van der Waals surface area contributed by atoms with E-state index in [9.17, 15) is 4.79 Å². The van der Waals surface area contributed by atoms with Crippen molar-refractivity contribution in [1.29, 1.82) is 0 Å². The Hall–Kier alpha value is -3.16. The zero-order valence-corrected chi connectivity index (χ0v) is 17.4. The van der Waals surface area contributed by atoms with E-state index in [1.807, 2.05) is 36.4 Å². The minimum Gasteiger partial charge on any atom is -0.490 e. The van der Waals surface area contributed by atoms with Crippen LogP contribution in [0.2, 0.25) is 0 Å². The van der Waals surface area contributed by atoms with Gasteiger partial charge in [-0.15, -0.1) is 0 Å². The highest BCUT2D eigenvalue weighted by molar-refractivity contribution is 5.94. The Morgan fingerprint density at radius 2 is 1.77 bits per heavy atom. The summed E-state index contributed by atoms with van der Waals surface area (Å²) in [5, 5.41) is 12.0. The number of hydrogen-bond acceptors (Lipinski definition) is 6. The molecule has 3 aromatic rings. The molecule has 1 aliphatic rings. The third-order valence-corrected chi connectivity index (χ3v) is 5.41. The number of carbonyl (C=O) groups is 1. The number of hydrogen-bond donors (Lipinski definition) is 2. The van der Waals surface area contributed by atoms with Crippen molar-refractivity contribution in [3.63, 3.8) is 0 Å². The zero-order chi connectivity index (χ0) is 21.5. The van der Waals surface area contributed by atoms with Crippen LogP contribution in [0.25, 0.3) is 0 Å². The molecule has 1 saturated heterocycles. The number of nitrogens with one attached hydrogen (secondary N) is 1. The van der Waals surface area contributed by atoms with Gasteiger partial charge in [0.15, 0.2) is 0 Å². The highest BCUT2D eigenvalue weighted by Crippen LogP contribution is 2.21. The number of carbonyl (C=O) groups excluding carboxylic acids is 1. The molecule has 3 heterocycles. The van der Waals surface area contributed by atoms with Crippen LogP contribution in [0.5, 0.6) is 5.75 Å². The van der Waals surface area contributed by atoms with Gasteiger partial charge in [0.25, 0.3) is 5.91 Å². The van der Waals surface area contributed by atoms with Gasteiger partial charge in [-0.1, -0.05) is 0 Å². The first-order valence-electron chi connectivity index (χ1n) is 10.5. The van der Waals surface area contributed by atoms with Crippen LogP contribution in [0.3, 0.4) is 0 Å². The van der Waals surface area contributed by atoms with Crippen molar-refractivity contribution in [1.82, 2.24) is 15.2 Å². The van der Waals surface area contributed by atoms with E-state index in [4.69, 9.17) is 14.3 Å². The smallest absolute Gasteiger partial charge is 0.251 e. The molecule has 1 aromatic carbocycles. The average Bonchev–Trinajstić information content (AvgIpc) is 3.27. The van der Waals surface area contributed by atoms with Crippen LogP contribution < -0.4 is 10.1 Å². The molecule has 7 heteroatoms. The van der Waals surface area contributed by atoms with E-state index in [2.05, 4.69) is 15.2 Å². The number of aliphatic hydroxyl groups excluding tert-OH is 1. The Bertz CT molecular complexity index is 964. The van der Waals surface area contributed by atoms with Crippen LogP contribution in [0, 0.1) is 0 Å². The number of pyridine rings is 1. The molecule has 1 aliphatic heterocycles. The molecule has 0 atom stereocenters. The number of ether oxygens (including phenoxy) is 1. The first kappa shape index (κ1) is 21.1. The first-order valence-corrected chi connectivity index (χ1v) is 10.5. The number of furan rings is 1. The predicted octanol–water partition coefficient (Wildman–Crippen LogP) is 3.14. The minimum atomic E-state index is -0.112. The second-order valence-corrected chi connectivity index (χ2v) is 7.68. The van der Waals surface area contributed by atoms with Crippen LogP contribution in [-0.4, -0.2) is 40.1 Å². The van der Waals surface area contributed by atoms with Crippen LogP contribution in [-0.2, 0) is 19.7 Å². The second kappa shape index (κ2) is 10.2. The number of rotatable bonds is 8. The van der Waals surface area contributed by atoms with Crippen molar-refractivity contribution in [3.05, 3.63) is 83.6 Å². The number of likely N-dealkylation sites (tertiary alicyclic amines) is 1. The van der Waals surface area contributed by atoms with Crippen molar-refractivity contribution in [2.45, 2.75) is 38.6 Å². The van der Waals surface area contributed by atoms with E-state index in [1.165, 1.54) is 0 Å². The molecule has 0 bridgehead atoms. The molecule has 0 aliphatic carbocycles. The van der Waals surface area contributed by atoms with Gasteiger partial charge in [-0.25, -0.2) is 0 Å². The van der Waals surface area contributed by atoms with E-state index in [0.717, 1.165) is 49.5 Å². The molecule has 1 amide bonds.